The Balaban J connectivity index is 1.69. The van der Waals surface area contributed by atoms with Gasteiger partial charge in [-0.1, -0.05) is 0 Å². The number of nitrogens with one attached hydrogen (secondary N) is 2. The first-order chi connectivity index (χ1) is 13.1. The summed E-state index contributed by atoms with van der Waals surface area (Å²) in [6, 6.07) is 6.72. The number of quaternary nitrogens is 1. The summed E-state index contributed by atoms with van der Waals surface area (Å²) >= 11 is 1.29. The van der Waals surface area contributed by atoms with Gasteiger partial charge in [0.15, 0.2) is 11.2 Å². The van der Waals surface area contributed by atoms with Gasteiger partial charge < -0.3 is 24.3 Å². The molecule has 1 saturated heterocycles. The van der Waals surface area contributed by atoms with Crippen LogP contribution >= 0.6 is 11.3 Å². The van der Waals surface area contributed by atoms with Crippen LogP contribution in [0.2, 0.25) is 0 Å². The maximum absolute atomic E-state index is 12.7. The molecule has 1 aliphatic rings. The van der Waals surface area contributed by atoms with Crippen molar-refractivity contribution in [3.05, 3.63) is 29.6 Å². The van der Waals surface area contributed by atoms with Gasteiger partial charge in [-0.05, 0) is 24.3 Å². The molecule has 27 heavy (non-hydrogen) atoms. The zero-order chi connectivity index (χ0) is 19.2. The number of benzene rings is 1. The largest absolute Gasteiger partial charge is 0.550 e. The van der Waals surface area contributed by atoms with Gasteiger partial charge in [-0.2, -0.15) is 0 Å². The lowest BCUT2D eigenvalue weighted by Crippen LogP contribution is -3.19. The summed E-state index contributed by atoms with van der Waals surface area (Å²) in [5.74, 6) is -0.861. The molecule has 0 radical (unpaired) electrons. The number of carbonyl (C=O) groups excluding carboxylic acids is 2. The van der Waals surface area contributed by atoms with E-state index < -0.39 is 12.0 Å². The third kappa shape index (κ3) is 5.03. The van der Waals surface area contributed by atoms with Crippen LogP contribution in [0.4, 0.5) is 5.13 Å². The number of aromatic nitrogens is 1. The molecule has 1 amide bonds. The van der Waals surface area contributed by atoms with Crippen molar-refractivity contribution < 1.29 is 29.1 Å². The topological polar surface area (TPSA) is 105 Å². The molecule has 3 rings (SSSR count). The van der Waals surface area contributed by atoms with Gasteiger partial charge in [0.25, 0.3) is 5.91 Å². The number of thiazole rings is 1. The fraction of sp³-hybridized carbons (Fsp3) is 0.389. The van der Waals surface area contributed by atoms with Crippen LogP contribution < -0.4 is 20.1 Å². The molecule has 2 heterocycles. The quantitative estimate of drug-likeness (QED) is 0.639. The summed E-state index contributed by atoms with van der Waals surface area (Å²) in [4.78, 5) is 29.1. The van der Waals surface area contributed by atoms with E-state index in [0.717, 1.165) is 21.9 Å². The Bertz CT molecular complexity index is 787. The first-order valence-corrected chi connectivity index (χ1v) is 9.48. The SMILES string of the molecule is COc1ccc(-c2csc(NC(=O)[C@H](CC(=O)[O-])[NH+]3CCOCC3)n2)cc1. The number of hydrogen-bond donors (Lipinski definition) is 2. The van der Waals surface area contributed by atoms with Crippen LogP contribution in [0, 0.1) is 0 Å². The Morgan fingerprint density at radius 3 is 2.67 bits per heavy atom. The molecule has 0 spiro atoms. The summed E-state index contributed by atoms with van der Waals surface area (Å²) in [5.41, 5.74) is 1.63. The zero-order valence-corrected chi connectivity index (χ0v) is 15.7. The van der Waals surface area contributed by atoms with Crippen LogP contribution in [-0.2, 0) is 14.3 Å². The third-order valence-corrected chi connectivity index (χ3v) is 5.19. The van der Waals surface area contributed by atoms with E-state index in [9.17, 15) is 14.7 Å². The Morgan fingerprint density at radius 2 is 2.04 bits per heavy atom. The lowest BCUT2D eigenvalue weighted by molar-refractivity contribution is -0.923. The first-order valence-electron chi connectivity index (χ1n) is 8.60. The van der Waals surface area contributed by atoms with Crippen molar-refractivity contribution in [2.75, 3.05) is 38.7 Å². The second kappa shape index (κ2) is 8.94. The van der Waals surface area contributed by atoms with Crippen molar-refractivity contribution in [3.63, 3.8) is 0 Å². The van der Waals surface area contributed by atoms with Gasteiger partial charge >= 0.3 is 0 Å². The molecule has 9 heteroatoms. The lowest BCUT2D eigenvalue weighted by Gasteiger charge is -2.30. The third-order valence-electron chi connectivity index (χ3n) is 4.44. The molecule has 2 aromatic rings. The highest BCUT2D eigenvalue weighted by Crippen LogP contribution is 2.26. The highest BCUT2D eigenvalue weighted by atomic mass is 32.1. The maximum atomic E-state index is 12.7. The van der Waals surface area contributed by atoms with E-state index in [2.05, 4.69) is 10.3 Å². The minimum Gasteiger partial charge on any atom is -0.550 e. The highest BCUT2D eigenvalue weighted by molar-refractivity contribution is 7.14. The van der Waals surface area contributed by atoms with E-state index in [1.807, 2.05) is 29.6 Å². The number of rotatable bonds is 7. The van der Waals surface area contributed by atoms with Gasteiger partial charge in [-0.3, -0.25) is 10.1 Å². The predicted molar refractivity (Wildman–Crippen MR) is 97.7 cm³/mol. The van der Waals surface area contributed by atoms with Crippen LogP contribution in [0.15, 0.2) is 29.6 Å². The van der Waals surface area contributed by atoms with Crippen molar-refractivity contribution in [2.45, 2.75) is 12.5 Å². The molecule has 0 saturated carbocycles. The molecule has 2 N–H and O–H groups in total. The number of hydrogen-bond acceptors (Lipinski definition) is 7. The Morgan fingerprint density at radius 1 is 1.33 bits per heavy atom. The second-order valence-electron chi connectivity index (χ2n) is 6.15. The van der Waals surface area contributed by atoms with E-state index in [1.54, 1.807) is 7.11 Å². The Kier molecular flexibility index (Phi) is 6.38. The fourth-order valence-corrected chi connectivity index (χ4v) is 3.71. The monoisotopic (exact) mass is 391 g/mol. The van der Waals surface area contributed by atoms with Crippen molar-refractivity contribution >= 4 is 28.3 Å². The molecule has 0 unspecified atom stereocenters. The van der Waals surface area contributed by atoms with Crippen molar-refractivity contribution in [2.24, 2.45) is 0 Å². The Labute approximate surface area is 160 Å². The first kappa shape index (κ1) is 19.3. The lowest BCUT2D eigenvalue weighted by atomic mass is 10.1. The average molecular weight is 391 g/mol. The van der Waals surface area contributed by atoms with Crippen molar-refractivity contribution in [1.29, 1.82) is 0 Å². The number of ether oxygens (including phenoxy) is 2. The number of carboxylic acid groups (broad SMARTS) is 1. The van der Waals surface area contributed by atoms with E-state index >= 15 is 0 Å². The van der Waals surface area contributed by atoms with Gasteiger partial charge in [0, 0.05) is 23.3 Å². The molecule has 1 atom stereocenters. The van der Waals surface area contributed by atoms with Crippen LogP contribution in [0.25, 0.3) is 11.3 Å². The summed E-state index contributed by atoms with van der Waals surface area (Å²) in [5, 5.41) is 16.1. The van der Waals surface area contributed by atoms with E-state index in [4.69, 9.17) is 9.47 Å². The fourth-order valence-electron chi connectivity index (χ4n) is 2.99. The summed E-state index contributed by atoms with van der Waals surface area (Å²) < 4.78 is 10.4. The van der Waals surface area contributed by atoms with Crippen LogP contribution in [0.5, 0.6) is 5.75 Å². The van der Waals surface area contributed by atoms with Crippen molar-refractivity contribution in [3.8, 4) is 17.0 Å². The molecule has 0 bridgehead atoms. The predicted octanol–water partition coefficient (Wildman–Crippen LogP) is -0.819. The Hall–Kier alpha value is -2.49. The molecule has 1 aromatic carbocycles. The van der Waals surface area contributed by atoms with Crippen LogP contribution in [0.3, 0.4) is 0 Å². The van der Waals surface area contributed by atoms with Gasteiger partial charge in [-0.25, -0.2) is 4.98 Å². The van der Waals surface area contributed by atoms with Crippen LogP contribution in [0.1, 0.15) is 6.42 Å². The number of anilines is 1. The zero-order valence-electron chi connectivity index (χ0n) is 14.9. The number of methoxy groups -OCH3 is 1. The summed E-state index contributed by atoms with van der Waals surface area (Å²) in [6.45, 7) is 2.18. The number of aliphatic carboxylic acids is 1. The van der Waals surface area contributed by atoms with Gasteiger partial charge in [-0.15, -0.1) is 11.3 Å². The van der Waals surface area contributed by atoms with Crippen LogP contribution in [-0.4, -0.2) is 56.3 Å². The molecule has 8 nitrogen and oxygen atoms in total. The number of morpholine rings is 1. The average Bonchev–Trinajstić information content (AvgIpc) is 3.15. The summed E-state index contributed by atoms with van der Waals surface area (Å²) in [6.07, 6.45) is -0.335. The molecular formula is C18H21N3O5S. The smallest absolute Gasteiger partial charge is 0.284 e. The molecule has 1 aromatic heterocycles. The van der Waals surface area contributed by atoms with E-state index in [-0.39, 0.29) is 12.3 Å². The number of carboxylic acids is 1. The molecule has 1 aliphatic heterocycles. The number of amides is 1. The van der Waals surface area contributed by atoms with E-state index in [1.165, 1.54) is 11.3 Å². The molecule has 0 aliphatic carbocycles. The molecule has 1 fully saturated rings. The maximum Gasteiger partial charge on any atom is 0.284 e. The van der Waals surface area contributed by atoms with Gasteiger partial charge in [0.05, 0.1) is 26.0 Å². The number of carbonyl (C=O) groups is 2. The van der Waals surface area contributed by atoms with Crippen molar-refractivity contribution in [1.82, 2.24) is 4.98 Å². The molecule has 144 valence electrons. The molecular weight excluding hydrogens is 370 g/mol. The number of nitrogens with zero attached hydrogens (tertiary/aromatic N) is 1. The normalized spacial score (nSPS) is 15.9. The highest BCUT2D eigenvalue weighted by Gasteiger charge is 2.32. The minimum absolute atomic E-state index is 0.335. The summed E-state index contributed by atoms with van der Waals surface area (Å²) in [7, 11) is 1.60. The second-order valence-corrected chi connectivity index (χ2v) is 7.01. The standard InChI is InChI=1S/C18H21N3O5S/c1-25-13-4-2-12(3-5-13)14-11-27-18(19-14)20-17(24)15(10-16(22)23)21-6-8-26-9-7-21/h2-5,11,15H,6-10H2,1H3,(H,22,23)(H,19,20,24)/t15-/m0/s1. The van der Waals surface area contributed by atoms with E-state index in [0.29, 0.717) is 31.4 Å². The minimum atomic E-state index is -1.24. The van der Waals surface area contributed by atoms with Gasteiger partial charge in [0.2, 0.25) is 0 Å². The van der Waals surface area contributed by atoms with Gasteiger partial charge in [0.1, 0.15) is 18.8 Å².